The first kappa shape index (κ1) is 32.8. The molecule has 0 saturated heterocycles. The van der Waals surface area contributed by atoms with E-state index in [1.165, 1.54) is 22.4 Å². The number of nitrogens with zero attached hydrogens (tertiary/aromatic N) is 2. The zero-order valence-corrected chi connectivity index (χ0v) is 23.9. The SMILES string of the molecule is C[C]1[CH][CH][C](C(C)C)[CH][CH]1.Cn1ccnc1P(c1ccccc1)c1ccccc1.F[B-](F)(F)F.[Cl][Ru+]. The number of hydrogen-bond donors (Lipinski definition) is 0. The fraction of sp³-hybridized carbons (Fsp3) is 0.192. The molecule has 6 radical (unpaired) electrons. The molecule has 36 heavy (non-hydrogen) atoms. The van der Waals surface area contributed by atoms with Crippen LogP contribution in [0.4, 0.5) is 17.3 Å². The molecular weight excluding hydrogens is 595 g/mol. The fourth-order valence-electron chi connectivity index (χ4n) is 3.06. The Balaban J connectivity index is 0.000000320. The maximum atomic E-state index is 9.75. The molecular formula is C26H29BClF4N2PRu. The molecule has 0 amide bonds. The molecule has 2 nitrogen and oxygen atoms in total. The minimum atomic E-state index is -6.00. The van der Waals surface area contributed by atoms with Crippen LogP contribution in [0.3, 0.4) is 0 Å². The van der Waals surface area contributed by atoms with Crippen LogP contribution in [0.25, 0.3) is 0 Å². The molecule has 4 rings (SSSR count). The molecule has 0 spiro atoms. The van der Waals surface area contributed by atoms with Crippen molar-refractivity contribution in [2.24, 2.45) is 13.0 Å². The van der Waals surface area contributed by atoms with Gasteiger partial charge in [0.2, 0.25) is 0 Å². The first-order chi connectivity index (χ1) is 17.1. The van der Waals surface area contributed by atoms with Gasteiger partial charge < -0.3 is 21.8 Å². The summed E-state index contributed by atoms with van der Waals surface area (Å²) in [6.45, 7) is 6.54. The van der Waals surface area contributed by atoms with E-state index in [0.29, 0.717) is 5.92 Å². The molecule has 1 aliphatic carbocycles. The Kier molecular flexibility index (Phi) is 15.8. The second-order valence-electron chi connectivity index (χ2n) is 7.90. The predicted octanol–water partition coefficient (Wildman–Crippen LogP) is 6.81. The Morgan fingerprint density at radius 2 is 1.25 bits per heavy atom. The van der Waals surface area contributed by atoms with E-state index in [0.717, 1.165) is 5.57 Å². The van der Waals surface area contributed by atoms with E-state index in [1.807, 2.05) is 29.7 Å². The third kappa shape index (κ3) is 12.8. The summed E-state index contributed by atoms with van der Waals surface area (Å²) < 4.78 is 41.1. The van der Waals surface area contributed by atoms with Crippen LogP contribution in [0.15, 0.2) is 73.1 Å². The van der Waals surface area contributed by atoms with Crippen molar-refractivity contribution in [2.45, 2.75) is 20.8 Å². The summed E-state index contributed by atoms with van der Waals surface area (Å²) in [5, 5.41) is 2.66. The Hall–Kier alpha value is -1.22. The summed E-state index contributed by atoms with van der Waals surface area (Å²) >= 11 is 1.82. The monoisotopic (exact) mass is 624 g/mol. The number of rotatable bonds is 4. The topological polar surface area (TPSA) is 17.8 Å². The Labute approximate surface area is 228 Å². The molecule has 0 N–H and O–H groups in total. The van der Waals surface area contributed by atoms with E-state index in [4.69, 9.17) is 0 Å². The van der Waals surface area contributed by atoms with Crippen molar-refractivity contribution in [3.05, 3.63) is 111 Å². The molecule has 1 heterocycles. The zero-order valence-electron chi connectivity index (χ0n) is 20.5. The molecule has 1 saturated carbocycles. The van der Waals surface area contributed by atoms with Gasteiger partial charge in [0.1, 0.15) is 5.57 Å². The summed E-state index contributed by atoms with van der Waals surface area (Å²) in [4.78, 5) is 4.56. The number of imidazole rings is 1. The van der Waals surface area contributed by atoms with E-state index in [2.05, 4.69) is 133 Å². The van der Waals surface area contributed by atoms with Gasteiger partial charge in [-0.25, -0.2) is 4.98 Å². The molecule has 3 aromatic rings. The van der Waals surface area contributed by atoms with Crippen LogP contribution < -0.4 is 16.2 Å². The van der Waals surface area contributed by atoms with Crippen molar-refractivity contribution in [3.63, 3.8) is 0 Å². The van der Waals surface area contributed by atoms with Crippen molar-refractivity contribution >= 4 is 41.0 Å². The molecule has 0 unspecified atom stereocenters. The number of hydrogen-bond acceptors (Lipinski definition) is 1. The maximum absolute atomic E-state index is 9.75. The molecule has 0 aliphatic heterocycles. The van der Waals surface area contributed by atoms with Gasteiger partial charge in [0.15, 0.2) is 0 Å². The van der Waals surface area contributed by atoms with Gasteiger partial charge in [0, 0.05) is 27.4 Å². The van der Waals surface area contributed by atoms with Crippen LogP contribution in [-0.2, 0) is 24.4 Å². The van der Waals surface area contributed by atoms with Gasteiger partial charge in [-0.05, 0) is 54.0 Å². The summed E-state index contributed by atoms with van der Waals surface area (Å²) in [5.74, 6) is 3.41. The molecule has 1 fully saturated rings. The summed E-state index contributed by atoms with van der Waals surface area (Å²) in [6.07, 6.45) is 12.6. The van der Waals surface area contributed by atoms with Crippen LogP contribution in [0.2, 0.25) is 0 Å². The average Bonchev–Trinajstić information content (AvgIpc) is 3.27. The van der Waals surface area contributed by atoms with Crippen LogP contribution in [0, 0.1) is 43.4 Å². The second kappa shape index (κ2) is 17.3. The first-order valence-electron chi connectivity index (χ1n) is 11.0. The van der Waals surface area contributed by atoms with Crippen molar-refractivity contribution < 1.29 is 34.6 Å². The minimum absolute atomic E-state index is 0.578. The molecule has 2 aromatic carbocycles. The predicted molar refractivity (Wildman–Crippen MR) is 142 cm³/mol. The van der Waals surface area contributed by atoms with Gasteiger partial charge in [-0.1, -0.05) is 81.4 Å². The Bertz CT molecular complexity index is 908. The third-order valence-corrected chi connectivity index (χ3v) is 7.23. The molecule has 0 bridgehead atoms. The van der Waals surface area contributed by atoms with Gasteiger partial charge in [-0.15, -0.1) is 0 Å². The van der Waals surface area contributed by atoms with E-state index < -0.39 is 15.2 Å². The number of aryl methyl sites for hydroxylation is 1. The van der Waals surface area contributed by atoms with Gasteiger partial charge in [0.05, 0.1) is 0 Å². The molecule has 10 heteroatoms. The summed E-state index contributed by atoms with van der Waals surface area (Å²) in [6, 6.07) is 21.2. The standard InChI is InChI=1S/C16H15N2P.C10H14.BF4.ClH.Ru/c1-18-13-12-17-16(18)19(14-8-4-2-5-9-14)15-10-6-3-7-11-15;1-8(2)10-6-4-9(3)5-7-10;2-1(3,4)5;;/h2-13H,1H3;4-8H,1-3H3;;1H;/q;;-1;;+2/p-1. The van der Waals surface area contributed by atoms with Gasteiger partial charge in [-0.3, -0.25) is 0 Å². The van der Waals surface area contributed by atoms with Crippen LogP contribution in [0.5, 0.6) is 0 Å². The van der Waals surface area contributed by atoms with Gasteiger partial charge in [0.25, 0.3) is 0 Å². The number of benzene rings is 2. The quantitative estimate of drug-likeness (QED) is 0.178. The zero-order chi connectivity index (χ0) is 27.1. The number of halogens is 5. The van der Waals surface area contributed by atoms with E-state index in [9.17, 15) is 17.3 Å². The van der Waals surface area contributed by atoms with Crippen LogP contribution in [0.1, 0.15) is 20.8 Å². The third-order valence-electron chi connectivity index (χ3n) is 4.77. The molecule has 1 aliphatic rings. The fourth-order valence-corrected chi connectivity index (χ4v) is 5.32. The Morgan fingerprint density at radius 1 is 0.833 bits per heavy atom. The second-order valence-corrected chi connectivity index (χ2v) is 10.0. The van der Waals surface area contributed by atoms with E-state index >= 15 is 0 Å². The van der Waals surface area contributed by atoms with Crippen molar-refractivity contribution in [3.8, 4) is 0 Å². The van der Waals surface area contributed by atoms with Gasteiger partial charge in [-0.2, -0.15) is 0 Å². The van der Waals surface area contributed by atoms with E-state index in [-0.39, 0.29) is 0 Å². The number of aromatic nitrogens is 2. The molecule has 194 valence electrons. The average molecular weight is 624 g/mol. The van der Waals surface area contributed by atoms with Crippen LogP contribution >= 0.6 is 17.6 Å². The van der Waals surface area contributed by atoms with E-state index in [1.54, 1.807) is 0 Å². The van der Waals surface area contributed by atoms with Crippen LogP contribution in [-0.4, -0.2) is 16.8 Å². The summed E-state index contributed by atoms with van der Waals surface area (Å²) in [7, 11) is 0.0500. The Morgan fingerprint density at radius 3 is 1.58 bits per heavy atom. The first-order valence-corrected chi connectivity index (χ1v) is 14.6. The normalized spacial score (nSPS) is 14.2. The summed E-state index contributed by atoms with van der Waals surface area (Å²) in [5.41, 5.74) is 1.13. The van der Waals surface area contributed by atoms with Gasteiger partial charge >= 0.3 is 34.3 Å². The molecule has 1 aromatic heterocycles. The molecule has 0 atom stereocenters. The van der Waals surface area contributed by atoms with Crippen molar-refractivity contribution in [1.82, 2.24) is 9.55 Å². The van der Waals surface area contributed by atoms with Crippen molar-refractivity contribution in [1.29, 1.82) is 0 Å². The van der Waals surface area contributed by atoms with Crippen molar-refractivity contribution in [2.75, 3.05) is 0 Å².